The Kier molecular flexibility index (Phi) is 3.37. The summed E-state index contributed by atoms with van der Waals surface area (Å²) in [5.74, 6) is 0.141. The highest BCUT2D eigenvalue weighted by molar-refractivity contribution is 5.36. The molecule has 0 saturated heterocycles. The summed E-state index contributed by atoms with van der Waals surface area (Å²) in [6.45, 7) is 1.87. The van der Waals surface area contributed by atoms with Crippen molar-refractivity contribution in [2.45, 2.75) is 19.8 Å². The van der Waals surface area contributed by atoms with Crippen LogP contribution in [0.5, 0.6) is 5.75 Å². The SMILES string of the molecule is Cc1cc(N)n(Cc2ccccc2OC(F)(F)F)n1. The van der Waals surface area contributed by atoms with Crippen LogP contribution in [0.25, 0.3) is 0 Å². The van der Waals surface area contributed by atoms with Crippen molar-refractivity contribution >= 4 is 5.82 Å². The van der Waals surface area contributed by atoms with Gasteiger partial charge in [0.2, 0.25) is 0 Å². The van der Waals surface area contributed by atoms with Crippen LogP contribution in [0.4, 0.5) is 19.0 Å². The molecule has 1 aromatic heterocycles. The van der Waals surface area contributed by atoms with Crippen LogP contribution >= 0.6 is 0 Å². The third-order valence-corrected chi connectivity index (χ3v) is 2.45. The van der Waals surface area contributed by atoms with Gasteiger partial charge in [0.25, 0.3) is 0 Å². The normalized spacial score (nSPS) is 11.6. The number of ether oxygens (including phenoxy) is 1. The molecule has 0 aliphatic rings. The van der Waals surface area contributed by atoms with E-state index in [1.807, 2.05) is 0 Å². The molecule has 0 bridgehead atoms. The minimum atomic E-state index is -4.72. The third-order valence-electron chi connectivity index (χ3n) is 2.45. The van der Waals surface area contributed by atoms with Crippen LogP contribution in [0.2, 0.25) is 0 Å². The molecule has 0 atom stereocenters. The first-order valence-corrected chi connectivity index (χ1v) is 5.49. The molecule has 0 radical (unpaired) electrons. The third kappa shape index (κ3) is 3.40. The van der Waals surface area contributed by atoms with Crippen LogP contribution < -0.4 is 10.5 Å². The van der Waals surface area contributed by atoms with E-state index in [0.717, 1.165) is 0 Å². The van der Waals surface area contributed by atoms with Gasteiger partial charge in [0, 0.05) is 11.6 Å². The van der Waals surface area contributed by atoms with Crippen molar-refractivity contribution in [3.8, 4) is 5.75 Å². The Morgan fingerprint density at radius 3 is 2.58 bits per heavy atom. The Morgan fingerprint density at radius 2 is 2.00 bits per heavy atom. The highest BCUT2D eigenvalue weighted by Crippen LogP contribution is 2.27. The fourth-order valence-corrected chi connectivity index (χ4v) is 1.71. The van der Waals surface area contributed by atoms with Crippen molar-refractivity contribution in [1.82, 2.24) is 9.78 Å². The number of para-hydroxylation sites is 1. The lowest BCUT2D eigenvalue weighted by molar-refractivity contribution is -0.274. The van der Waals surface area contributed by atoms with E-state index in [1.54, 1.807) is 19.1 Å². The average Bonchev–Trinajstić information content (AvgIpc) is 2.58. The van der Waals surface area contributed by atoms with E-state index in [2.05, 4.69) is 9.84 Å². The molecule has 1 aromatic carbocycles. The number of hydrogen-bond acceptors (Lipinski definition) is 3. The minimum Gasteiger partial charge on any atom is -0.405 e. The van der Waals surface area contributed by atoms with E-state index in [9.17, 15) is 13.2 Å². The molecule has 19 heavy (non-hydrogen) atoms. The number of anilines is 1. The molecule has 0 spiro atoms. The van der Waals surface area contributed by atoms with Crippen LogP contribution in [0.1, 0.15) is 11.3 Å². The summed E-state index contributed by atoms with van der Waals surface area (Å²) in [7, 11) is 0. The number of aromatic nitrogens is 2. The second-order valence-electron chi connectivity index (χ2n) is 4.02. The number of nitrogens with two attached hydrogens (primary N) is 1. The summed E-state index contributed by atoms with van der Waals surface area (Å²) in [5, 5.41) is 4.10. The van der Waals surface area contributed by atoms with Gasteiger partial charge in [0.05, 0.1) is 12.2 Å². The second kappa shape index (κ2) is 4.83. The van der Waals surface area contributed by atoms with Gasteiger partial charge in [-0.15, -0.1) is 13.2 Å². The van der Waals surface area contributed by atoms with Crippen LogP contribution in [-0.4, -0.2) is 16.1 Å². The van der Waals surface area contributed by atoms with Crippen LogP contribution in [-0.2, 0) is 6.54 Å². The smallest absolute Gasteiger partial charge is 0.405 e. The van der Waals surface area contributed by atoms with Crippen molar-refractivity contribution in [3.05, 3.63) is 41.6 Å². The first-order valence-electron chi connectivity index (χ1n) is 5.49. The van der Waals surface area contributed by atoms with Crippen LogP contribution in [0.15, 0.2) is 30.3 Å². The van der Waals surface area contributed by atoms with Crippen molar-refractivity contribution in [1.29, 1.82) is 0 Å². The number of nitrogen functional groups attached to an aromatic ring is 1. The lowest BCUT2D eigenvalue weighted by atomic mass is 10.2. The molecule has 7 heteroatoms. The Labute approximate surface area is 107 Å². The number of alkyl halides is 3. The van der Waals surface area contributed by atoms with E-state index in [-0.39, 0.29) is 12.3 Å². The monoisotopic (exact) mass is 271 g/mol. The maximum absolute atomic E-state index is 12.3. The van der Waals surface area contributed by atoms with Gasteiger partial charge in [0.15, 0.2) is 0 Å². The number of rotatable bonds is 3. The fourth-order valence-electron chi connectivity index (χ4n) is 1.71. The molecule has 0 saturated carbocycles. The molecule has 2 rings (SSSR count). The van der Waals surface area contributed by atoms with Crippen molar-refractivity contribution in [3.63, 3.8) is 0 Å². The topological polar surface area (TPSA) is 53.1 Å². The van der Waals surface area contributed by atoms with E-state index < -0.39 is 6.36 Å². The predicted octanol–water partition coefficient (Wildman–Crippen LogP) is 2.72. The Balaban J connectivity index is 2.27. The Hall–Kier alpha value is -2.18. The largest absolute Gasteiger partial charge is 0.573 e. The van der Waals surface area contributed by atoms with E-state index in [4.69, 9.17) is 5.73 Å². The molecular formula is C12H12F3N3O. The fraction of sp³-hybridized carbons (Fsp3) is 0.250. The zero-order valence-corrected chi connectivity index (χ0v) is 10.1. The summed E-state index contributed by atoms with van der Waals surface area (Å²) in [5.41, 5.74) is 6.76. The molecule has 102 valence electrons. The van der Waals surface area contributed by atoms with Gasteiger partial charge >= 0.3 is 6.36 Å². The molecule has 0 aliphatic carbocycles. The lowest BCUT2D eigenvalue weighted by Crippen LogP contribution is -2.18. The summed E-state index contributed by atoms with van der Waals surface area (Å²) < 4.78 is 42.2. The second-order valence-corrected chi connectivity index (χ2v) is 4.02. The van der Waals surface area contributed by atoms with Gasteiger partial charge in [-0.05, 0) is 13.0 Å². The Bertz CT molecular complexity index is 578. The molecule has 2 N–H and O–H groups in total. The summed E-state index contributed by atoms with van der Waals surface area (Å²) in [6.07, 6.45) is -4.72. The molecule has 1 heterocycles. The molecular weight excluding hydrogens is 259 g/mol. The molecule has 0 unspecified atom stereocenters. The number of halogens is 3. The molecule has 2 aromatic rings. The zero-order chi connectivity index (χ0) is 14.0. The van der Waals surface area contributed by atoms with Crippen molar-refractivity contribution in [2.24, 2.45) is 0 Å². The zero-order valence-electron chi connectivity index (χ0n) is 10.1. The highest BCUT2D eigenvalue weighted by atomic mass is 19.4. The first kappa shape index (κ1) is 13.3. The van der Waals surface area contributed by atoms with Gasteiger partial charge in [0.1, 0.15) is 11.6 Å². The maximum atomic E-state index is 12.3. The molecule has 0 aliphatic heterocycles. The Morgan fingerprint density at radius 1 is 1.32 bits per heavy atom. The summed E-state index contributed by atoms with van der Waals surface area (Å²) in [6, 6.07) is 7.55. The summed E-state index contributed by atoms with van der Waals surface area (Å²) >= 11 is 0. The van der Waals surface area contributed by atoms with Crippen LogP contribution in [0, 0.1) is 6.92 Å². The molecule has 0 fully saturated rings. The predicted molar refractivity (Wildman–Crippen MR) is 63.6 cm³/mol. The number of benzene rings is 1. The maximum Gasteiger partial charge on any atom is 0.573 e. The number of hydrogen-bond donors (Lipinski definition) is 1. The van der Waals surface area contributed by atoms with Crippen molar-refractivity contribution < 1.29 is 17.9 Å². The van der Waals surface area contributed by atoms with Crippen molar-refractivity contribution in [2.75, 3.05) is 5.73 Å². The van der Waals surface area contributed by atoms with E-state index >= 15 is 0 Å². The van der Waals surface area contributed by atoms with Gasteiger partial charge < -0.3 is 10.5 Å². The highest BCUT2D eigenvalue weighted by Gasteiger charge is 2.32. The van der Waals surface area contributed by atoms with Gasteiger partial charge in [-0.2, -0.15) is 5.10 Å². The number of nitrogens with zero attached hydrogens (tertiary/aromatic N) is 2. The quantitative estimate of drug-likeness (QED) is 0.933. The lowest BCUT2D eigenvalue weighted by Gasteiger charge is -2.13. The van der Waals surface area contributed by atoms with E-state index in [1.165, 1.54) is 22.9 Å². The first-order chi connectivity index (χ1) is 8.85. The van der Waals surface area contributed by atoms with Crippen LogP contribution in [0.3, 0.4) is 0 Å². The number of aryl methyl sites for hydroxylation is 1. The standard InChI is InChI=1S/C12H12F3N3O/c1-8-6-11(16)18(17-8)7-9-4-2-3-5-10(9)19-12(13,14)15/h2-6H,7,16H2,1H3. The average molecular weight is 271 g/mol. The minimum absolute atomic E-state index is 0.117. The van der Waals surface area contributed by atoms with Gasteiger partial charge in [-0.3, -0.25) is 0 Å². The van der Waals surface area contributed by atoms with E-state index in [0.29, 0.717) is 17.1 Å². The molecule has 4 nitrogen and oxygen atoms in total. The molecule has 0 amide bonds. The summed E-state index contributed by atoms with van der Waals surface area (Å²) in [4.78, 5) is 0. The van der Waals surface area contributed by atoms with Gasteiger partial charge in [-0.25, -0.2) is 4.68 Å². The van der Waals surface area contributed by atoms with Gasteiger partial charge in [-0.1, -0.05) is 18.2 Å².